The quantitative estimate of drug-likeness (QED) is 0.367. The first-order chi connectivity index (χ1) is 6.60. The third-order valence-corrected chi connectivity index (χ3v) is 3.82. The molecule has 1 atom stereocenters. The molecular formula is C9H20N3O2S. The van der Waals surface area contributed by atoms with Gasteiger partial charge in [-0.1, -0.05) is 17.1 Å². The van der Waals surface area contributed by atoms with Crippen LogP contribution in [-0.2, 0) is 4.74 Å². The van der Waals surface area contributed by atoms with Gasteiger partial charge in [-0.05, 0) is 20.8 Å². The minimum Gasteiger partial charge on any atom is -0.452 e. The van der Waals surface area contributed by atoms with Gasteiger partial charge in [-0.3, -0.25) is 5.41 Å². The summed E-state index contributed by atoms with van der Waals surface area (Å²) >= 11 is 0. The van der Waals surface area contributed by atoms with E-state index < -0.39 is 21.1 Å². The minimum absolute atomic E-state index is 0.257. The van der Waals surface area contributed by atoms with E-state index in [1.165, 1.54) is 0 Å². The third kappa shape index (κ3) is 4.92. The van der Waals surface area contributed by atoms with Crippen LogP contribution >= 0.6 is 10.2 Å². The molecule has 0 aromatic carbocycles. The molecule has 1 unspecified atom stereocenters. The number of hydrogen-bond donors (Lipinski definition) is 3. The lowest BCUT2D eigenvalue weighted by molar-refractivity contribution is 0.0729. The summed E-state index contributed by atoms with van der Waals surface area (Å²) in [6, 6.07) is 0. The highest BCUT2D eigenvalue weighted by Crippen LogP contribution is 2.44. The summed E-state index contributed by atoms with van der Waals surface area (Å²) in [7, 11) is -2.10. The number of rotatable bonds is 1. The van der Waals surface area contributed by atoms with Gasteiger partial charge in [0, 0.05) is 12.0 Å². The molecule has 0 aliphatic heterocycles. The van der Waals surface area contributed by atoms with E-state index in [1.807, 2.05) is 6.92 Å². The summed E-state index contributed by atoms with van der Waals surface area (Å²) in [6.07, 6.45) is 3.79. The van der Waals surface area contributed by atoms with Gasteiger partial charge in [0.15, 0.2) is 5.96 Å². The topological polar surface area (TPSA) is 88.2 Å². The van der Waals surface area contributed by atoms with Crippen molar-refractivity contribution in [3.8, 4) is 0 Å². The molecule has 1 radical (unpaired) electrons. The largest absolute Gasteiger partial charge is 0.452 e. The first kappa shape index (κ1) is 14.1. The average Bonchev–Trinajstić information content (AvgIpc) is 1.99. The van der Waals surface area contributed by atoms with Gasteiger partial charge in [0.1, 0.15) is 5.60 Å². The van der Waals surface area contributed by atoms with E-state index in [-0.39, 0.29) is 5.96 Å². The second-order valence-corrected chi connectivity index (χ2v) is 7.03. The number of guanidine groups is 1. The Morgan fingerprint density at radius 1 is 1.60 bits per heavy atom. The molecule has 0 aliphatic carbocycles. The zero-order valence-electron chi connectivity index (χ0n) is 9.72. The Bertz CT molecular complexity index is 263. The van der Waals surface area contributed by atoms with Crippen LogP contribution in [0.15, 0.2) is 0 Å². The molecule has 0 spiro atoms. The van der Waals surface area contributed by atoms with Crippen molar-refractivity contribution in [2.75, 3.05) is 5.75 Å². The lowest BCUT2D eigenvalue weighted by Crippen LogP contribution is -2.38. The van der Waals surface area contributed by atoms with Crippen molar-refractivity contribution in [2.45, 2.75) is 33.3 Å². The van der Waals surface area contributed by atoms with Crippen molar-refractivity contribution < 1.29 is 9.53 Å². The van der Waals surface area contributed by atoms with Crippen LogP contribution in [-0.4, -0.2) is 22.6 Å². The molecular weight excluding hydrogens is 214 g/mol. The van der Waals surface area contributed by atoms with Crippen LogP contribution in [0.1, 0.15) is 27.7 Å². The van der Waals surface area contributed by atoms with Crippen molar-refractivity contribution in [1.29, 1.82) is 5.41 Å². The lowest BCUT2D eigenvalue weighted by atomic mass is 10.2. The number of ether oxygens (including phenoxy) is 1. The first-order valence-electron chi connectivity index (χ1n) is 4.59. The molecule has 0 aliphatic rings. The third-order valence-electron chi connectivity index (χ3n) is 1.51. The monoisotopic (exact) mass is 234 g/mol. The smallest absolute Gasteiger partial charge is 0.367 e. The van der Waals surface area contributed by atoms with E-state index in [0.717, 1.165) is 0 Å². The molecule has 0 saturated carbocycles. The fraction of sp³-hybridized carbons (Fsp3) is 0.667. The van der Waals surface area contributed by atoms with Gasteiger partial charge in [-0.25, -0.2) is 4.79 Å². The zero-order valence-corrected chi connectivity index (χ0v) is 10.5. The summed E-state index contributed by atoms with van der Waals surface area (Å²) in [5.74, 6) is 0.217. The molecule has 89 valence electrons. The molecule has 5 nitrogen and oxygen atoms in total. The summed E-state index contributed by atoms with van der Waals surface area (Å²) in [5.41, 5.74) is 4.65. The molecule has 0 aromatic heterocycles. The van der Waals surface area contributed by atoms with E-state index >= 15 is 0 Å². The van der Waals surface area contributed by atoms with E-state index in [2.05, 4.69) is 11.0 Å². The van der Waals surface area contributed by atoms with Gasteiger partial charge in [0.2, 0.25) is 0 Å². The number of nitrogens with one attached hydrogen (secondary N) is 2. The Kier molecular flexibility index (Phi) is 4.45. The normalized spacial score (nSPS) is 17.4. The van der Waals surface area contributed by atoms with Gasteiger partial charge in [-0.15, -0.1) is 0 Å². The van der Waals surface area contributed by atoms with Crippen LogP contribution in [0.25, 0.3) is 0 Å². The fourth-order valence-electron chi connectivity index (χ4n) is 0.772. The SMILES string of the molecule is [CH2]S(CC)(NC(=N)N)C(=O)OC(C)(C)C. The average molecular weight is 234 g/mol. The summed E-state index contributed by atoms with van der Waals surface area (Å²) < 4.78 is 7.80. The number of carbonyl (C=O) groups is 1. The Morgan fingerprint density at radius 3 is 2.33 bits per heavy atom. The molecule has 15 heavy (non-hydrogen) atoms. The first-order valence-corrected chi connectivity index (χ1v) is 6.56. The highest BCUT2D eigenvalue weighted by Gasteiger charge is 2.31. The standard InChI is InChI=1S/C9H20N3O2S/c1-6-15(5,12-7(10)11)8(13)14-9(2,3)4/h5-6H2,1-4H3,(H4,10,11,12). The van der Waals surface area contributed by atoms with Crippen LogP contribution in [0.4, 0.5) is 4.79 Å². The molecule has 4 N–H and O–H groups in total. The molecule has 0 heterocycles. The minimum atomic E-state index is -2.10. The van der Waals surface area contributed by atoms with Crippen LogP contribution in [0.5, 0.6) is 0 Å². The fourth-order valence-corrected chi connectivity index (χ4v) is 2.07. The zero-order chi connectivity index (χ0) is 12.3. The van der Waals surface area contributed by atoms with Crippen LogP contribution in [0, 0.1) is 11.7 Å². The molecule has 6 heteroatoms. The molecule has 0 fully saturated rings. The summed E-state index contributed by atoms with van der Waals surface area (Å²) in [6.45, 7) is 7.17. The van der Waals surface area contributed by atoms with Crippen molar-refractivity contribution in [2.24, 2.45) is 5.73 Å². The number of carbonyl (C=O) groups excluding carboxylic acids is 1. The maximum Gasteiger partial charge on any atom is 0.367 e. The van der Waals surface area contributed by atoms with Crippen LogP contribution in [0.3, 0.4) is 0 Å². The van der Waals surface area contributed by atoms with Gasteiger partial charge in [-0.2, -0.15) is 0 Å². The Labute approximate surface area is 92.7 Å². The van der Waals surface area contributed by atoms with E-state index in [0.29, 0.717) is 5.75 Å². The van der Waals surface area contributed by atoms with Crippen LogP contribution in [0.2, 0.25) is 0 Å². The highest BCUT2D eigenvalue weighted by molar-refractivity contribution is 8.44. The molecule has 0 amide bonds. The molecule has 0 bridgehead atoms. The van der Waals surface area contributed by atoms with Crippen molar-refractivity contribution in [3.05, 3.63) is 6.26 Å². The second kappa shape index (κ2) is 4.74. The van der Waals surface area contributed by atoms with Crippen LogP contribution < -0.4 is 10.5 Å². The lowest BCUT2D eigenvalue weighted by Gasteiger charge is -2.35. The number of hydrogen-bond acceptors (Lipinski definition) is 3. The van der Waals surface area contributed by atoms with E-state index in [1.54, 1.807) is 20.8 Å². The maximum atomic E-state index is 11.8. The van der Waals surface area contributed by atoms with Gasteiger partial charge in [0.25, 0.3) is 0 Å². The maximum absolute atomic E-state index is 11.8. The van der Waals surface area contributed by atoms with E-state index in [9.17, 15) is 4.79 Å². The summed E-state index contributed by atoms with van der Waals surface area (Å²) in [5, 5.41) is 6.69. The van der Waals surface area contributed by atoms with Crippen molar-refractivity contribution in [3.63, 3.8) is 0 Å². The molecule has 0 saturated heterocycles. The predicted molar refractivity (Wildman–Crippen MR) is 64.8 cm³/mol. The highest BCUT2D eigenvalue weighted by atomic mass is 32.3. The number of nitrogens with two attached hydrogens (primary N) is 1. The van der Waals surface area contributed by atoms with Gasteiger partial charge in [0.05, 0.1) is 0 Å². The Hall–Kier alpha value is -0.910. The van der Waals surface area contributed by atoms with E-state index in [4.69, 9.17) is 15.9 Å². The van der Waals surface area contributed by atoms with Gasteiger partial charge < -0.3 is 15.2 Å². The van der Waals surface area contributed by atoms with Gasteiger partial charge >= 0.3 is 5.30 Å². The second-order valence-electron chi connectivity index (χ2n) is 4.15. The Balaban J connectivity index is 4.66. The van der Waals surface area contributed by atoms with Crippen molar-refractivity contribution >= 4 is 21.5 Å². The van der Waals surface area contributed by atoms with Crippen molar-refractivity contribution in [1.82, 2.24) is 4.72 Å². The summed E-state index contributed by atoms with van der Waals surface area (Å²) in [4.78, 5) is 11.8. The molecule has 0 aromatic rings. The Morgan fingerprint density at radius 2 is 2.07 bits per heavy atom. The predicted octanol–water partition coefficient (Wildman–Crippen LogP) is 1.94. The molecule has 0 rings (SSSR count).